The molecule has 2 heterocycles. The predicted molar refractivity (Wildman–Crippen MR) is 102 cm³/mol. The number of rotatable bonds is 4. The van der Waals surface area contributed by atoms with Crippen molar-refractivity contribution in [2.24, 2.45) is 0 Å². The molecule has 0 aromatic heterocycles. The van der Waals surface area contributed by atoms with E-state index >= 15 is 0 Å². The summed E-state index contributed by atoms with van der Waals surface area (Å²) in [6.45, 7) is 9.30. The first-order valence-corrected chi connectivity index (χ1v) is 9.33. The van der Waals surface area contributed by atoms with Crippen molar-refractivity contribution in [1.82, 2.24) is 9.80 Å². The van der Waals surface area contributed by atoms with Gasteiger partial charge in [-0.2, -0.15) is 0 Å². The molecule has 1 aromatic carbocycles. The maximum atomic E-state index is 12.5. The Morgan fingerprint density at radius 3 is 2.73 bits per heavy atom. The molecule has 0 radical (unpaired) electrons. The van der Waals surface area contributed by atoms with Gasteiger partial charge in [-0.15, -0.1) is 0 Å². The van der Waals surface area contributed by atoms with E-state index in [0.29, 0.717) is 19.1 Å². The highest BCUT2D eigenvalue weighted by Crippen LogP contribution is 2.33. The number of carbonyl (C=O) groups is 1. The van der Waals surface area contributed by atoms with Gasteiger partial charge in [0.1, 0.15) is 5.60 Å². The van der Waals surface area contributed by atoms with Gasteiger partial charge >= 0.3 is 6.09 Å². The summed E-state index contributed by atoms with van der Waals surface area (Å²) in [5, 5.41) is 3.64. The summed E-state index contributed by atoms with van der Waals surface area (Å²) in [4.78, 5) is 16.4. The lowest BCUT2D eigenvalue weighted by molar-refractivity contribution is 0.0242. The molecule has 0 aliphatic carbocycles. The van der Waals surface area contributed by atoms with Crippen molar-refractivity contribution < 1.29 is 14.3 Å². The molecule has 2 aliphatic rings. The maximum Gasteiger partial charge on any atom is 0.410 e. The Bertz CT molecular complexity index is 661. The molecule has 1 aromatic rings. The lowest BCUT2D eigenvalue weighted by Gasteiger charge is -2.24. The average Bonchev–Trinajstić information content (AvgIpc) is 3.13. The van der Waals surface area contributed by atoms with Gasteiger partial charge in [0, 0.05) is 25.4 Å². The first-order chi connectivity index (χ1) is 12.2. The Hall–Kier alpha value is -1.79. The largest absolute Gasteiger partial charge is 0.444 e. The minimum atomic E-state index is -0.482. The second-order valence-corrected chi connectivity index (χ2v) is 8.56. The van der Waals surface area contributed by atoms with Crippen molar-refractivity contribution in [1.29, 1.82) is 0 Å². The Morgan fingerprint density at radius 2 is 2.12 bits per heavy atom. The molecular formula is C20H31N3O3. The van der Waals surface area contributed by atoms with Gasteiger partial charge in [0.05, 0.1) is 19.2 Å². The molecule has 6 nitrogen and oxygen atoms in total. The van der Waals surface area contributed by atoms with Gasteiger partial charge in [0.15, 0.2) is 0 Å². The molecular weight excluding hydrogens is 330 g/mol. The van der Waals surface area contributed by atoms with Crippen LogP contribution in [0.4, 0.5) is 10.5 Å². The van der Waals surface area contributed by atoms with E-state index in [1.54, 1.807) is 4.90 Å². The molecule has 6 heteroatoms. The number of carbonyl (C=O) groups excluding carboxylic acids is 1. The Balaban J connectivity index is 1.82. The van der Waals surface area contributed by atoms with Crippen LogP contribution in [0, 0.1) is 0 Å². The van der Waals surface area contributed by atoms with Gasteiger partial charge in [0.2, 0.25) is 0 Å². The number of benzene rings is 1. The SMILES string of the molecule is CN(C)Cc1cc2c(c(N[C@H]3CCOC3)c1)CN(C(=O)OC(C)(C)C)C2. The van der Waals surface area contributed by atoms with Crippen LogP contribution in [0.15, 0.2) is 12.1 Å². The summed E-state index contributed by atoms with van der Waals surface area (Å²) in [5.41, 5.74) is 4.30. The summed E-state index contributed by atoms with van der Waals surface area (Å²) < 4.78 is 11.1. The Kier molecular flexibility index (Phi) is 5.44. The molecule has 1 fully saturated rings. The van der Waals surface area contributed by atoms with Crippen LogP contribution >= 0.6 is 0 Å². The third-order valence-corrected chi connectivity index (χ3v) is 4.55. The summed E-state index contributed by atoms with van der Waals surface area (Å²) in [5.74, 6) is 0. The molecule has 1 N–H and O–H groups in total. The molecule has 0 unspecified atom stereocenters. The number of amides is 1. The fraction of sp³-hybridized carbons (Fsp3) is 0.650. The quantitative estimate of drug-likeness (QED) is 0.892. The number of ether oxygens (including phenoxy) is 2. The lowest BCUT2D eigenvalue weighted by Crippen LogP contribution is -2.33. The molecule has 0 saturated carbocycles. The van der Waals surface area contributed by atoms with Crippen LogP contribution in [0.25, 0.3) is 0 Å². The van der Waals surface area contributed by atoms with Gasteiger partial charge < -0.3 is 19.7 Å². The summed E-state index contributed by atoms with van der Waals surface area (Å²) >= 11 is 0. The van der Waals surface area contributed by atoms with Gasteiger partial charge in [-0.1, -0.05) is 6.07 Å². The van der Waals surface area contributed by atoms with Crippen LogP contribution in [-0.2, 0) is 29.1 Å². The summed E-state index contributed by atoms with van der Waals surface area (Å²) in [6.07, 6.45) is 0.764. The van der Waals surface area contributed by atoms with E-state index in [4.69, 9.17) is 9.47 Å². The zero-order chi connectivity index (χ0) is 18.9. The van der Waals surface area contributed by atoms with Crippen LogP contribution in [-0.4, -0.2) is 54.8 Å². The number of hydrogen-bond acceptors (Lipinski definition) is 5. The predicted octanol–water partition coefficient (Wildman–Crippen LogP) is 3.20. The highest BCUT2D eigenvalue weighted by atomic mass is 16.6. The lowest BCUT2D eigenvalue weighted by atomic mass is 10.0. The van der Waals surface area contributed by atoms with Gasteiger partial charge in [-0.05, 0) is 64.0 Å². The molecule has 0 bridgehead atoms. The number of nitrogens with zero attached hydrogens (tertiary/aromatic N) is 2. The average molecular weight is 361 g/mol. The second kappa shape index (κ2) is 7.45. The van der Waals surface area contributed by atoms with Crippen molar-refractivity contribution in [2.45, 2.75) is 58.5 Å². The zero-order valence-electron chi connectivity index (χ0n) is 16.6. The molecule has 1 saturated heterocycles. The van der Waals surface area contributed by atoms with Crippen LogP contribution in [0.1, 0.15) is 43.9 Å². The van der Waals surface area contributed by atoms with Gasteiger partial charge in [-0.25, -0.2) is 4.79 Å². The zero-order valence-corrected chi connectivity index (χ0v) is 16.6. The van der Waals surface area contributed by atoms with Crippen LogP contribution in [0.2, 0.25) is 0 Å². The smallest absolute Gasteiger partial charge is 0.410 e. The molecule has 1 amide bonds. The number of nitrogens with one attached hydrogen (secondary N) is 1. The monoisotopic (exact) mass is 361 g/mol. The van der Waals surface area contributed by atoms with Crippen molar-refractivity contribution in [3.05, 3.63) is 28.8 Å². The highest BCUT2D eigenvalue weighted by Gasteiger charge is 2.30. The van der Waals surface area contributed by atoms with Crippen molar-refractivity contribution in [3.63, 3.8) is 0 Å². The van der Waals surface area contributed by atoms with Crippen LogP contribution < -0.4 is 5.32 Å². The molecule has 1 atom stereocenters. The second-order valence-electron chi connectivity index (χ2n) is 8.56. The van der Waals surface area contributed by atoms with E-state index in [-0.39, 0.29) is 6.09 Å². The van der Waals surface area contributed by atoms with E-state index in [1.807, 2.05) is 20.8 Å². The van der Waals surface area contributed by atoms with E-state index in [1.165, 1.54) is 16.7 Å². The number of anilines is 1. The van der Waals surface area contributed by atoms with E-state index in [0.717, 1.165) is 31.9 Å². The van der Waals surface area contributed by atoms with E-state index in [2.05, 4.69) is 36.4 Å². The fourth-order valence-corrected chi connectivity index (χ4v) is 3.49. The first kappa shape index (κ1) is 19.0. The van der Waals surface area contributed by atoms with E-state index in [9.17, 15) is 4.79 Å². The standard InChI is InChI=1S/C20H31N3O3/c1-20(2,3)26-19(24)23-11-15-8-14(10-22(4)5)9-18(17(15)12-23)21-16-6-7-25-13-16/h8-9,16,21H,6-7,10-13H2,1-5H3/t16-/m0/s1. The minimum Gasteiger partial charge on any atom is -0.444 e. The normalized spacial score (nSPS) is 19.8. The topological polar surface area (TPSA) is 54.0 Å². The molecule has 144 valence electrons. The molecule has 0 spiro atoms. The van der Waals surface area contributed by atoms with Crippen molar-refractivity contribution in [3.8, 4) is 0 Å². The van der Waals surface area contributed by atoms with Crippen molar-refractivity contribution in [2.75, 3.05) is 32.6 Å². The maximum absolute atomic E-state index is 12.5. The molecule has 26 heavy (non-hydrogen) atoms. The molecule has 3 rings (SSSR count). The van der Waals surface area contributed by atoms with Crippen LogP contribution in [0.5, 0.6) is 0 Å². The summed E-state index contributed by atoms with van der Waals surface area (Å²) in [6, 6.07) is 4.77. The third kappa shape index (κ3) is 4.68. The van der Waals surface area contributed by atoms with Crippen molar-refractivity contribution >= 4 is 11.8 Å². The Labute approximate surface area is 156 Å². The number of fused-ring (bicyclic) bond motifs is 1. The minimum absolute atomic E-state index is 0.252. The van der Waals surface area contributed by atoms with E-state index < -0.39 is 5.60 Å². The fourth-order valence-electron chi connectivity index (χ4n) is 3.49. The van der Waals surface area contributed by atoms with Gasteiger partial charge in [-0.3, -0.25) is 4.90 Å². The van der Waals surface area contributed by atoms with Gasteiger partial charge in [0.25, 0.3) is 0 Å². The highest BCUT2D eigenvalue weighted by molar-refractivity contribution is 5.71. The first-order valence-electron chi connectivity index (χ1n) is 9.33. The Morgan fingerprint density at radius 1 is 1.35 bits per heavy atom. The molecule has 2 aliphatic heterocycles. The summed E-state index contributed by atoms with van der Waals surface area (Å²) in [7, 11) is 4.14. The number of hydrogen-bond donors (Lipinski definition) is 1. The van der Waals surface area contributed by atoms with Crippen LogP contribution in [0.3, 0.4) is 0 Å². The third-order valence-electron chi connectivity index (χ3n) is 4.55.